The van der Waals surface area contributed by atoms with E-state index in [1.807, 2.05) is 12.1 Å². The summed E-state index contributed by atoms with van der Waals surface area (Å²) in [6.45, 7) is 1.10. The van der Waals surface area contributed by atoms with E-state index >= 15 is 0 Å². The van der Waals surface area contributed by atoms with Crippen LogP contribution in [-0.2, 0) is 0 Å². The monoisotopic (exact) mass is 243 g/mol. The van der Waals surface area contributed by atoms with Crippen LogP contribution in [0.15, 0.2) is 18.2 Å². The van der Waals surface area contributed by atoms with E-state index in [4.69, 9.17) is 9.47 Å². The van der Waals surface area contributed by atoms with Gasteiger partial charge in [0.2, 0.25) is 0 Å². The number of rotatable bonds is 3. The molecule has 1 saturated heterocycles. The van der Waals surface area contributed by atoms with E-state index in [0.717, 1.165) is 18.0 Å². The van der Waals surface area contributed by atoms with Gasteiger partial charge in [-0.2, -0.15) is 0 Å². The highest BCUT2D eigenvalue weighted by molar-refractivity contribution is 5.85. The molecule has 1 atom stereocenters. The van der Waals surface area contributed by atoms with Gasteiger partial charge in [-0.3, -0.25) is 0 Å². The maximum absolute atomic E-state index is 5.38. The molecule has 1 aliphatic heterocycles. The van der Waals surface area contributed by atoms with Crippen LogP contribution in [0.2, 0.25) is 0 Å². The van der Waals surface area contributed by atoms with Gasteiger partial charge in [0.25, 0.3) is 0 Å². The van der Waals surface area contributed by atoms with Crippen LogP contribution in [0.3, 0.4) is 0 Å². The minimum absolute atomic E-state index is 0. The summed E-state index contributed by atoms with van der Waals surface area (Å²) in [5.74, 6) is 1.75. The third-order valence-electron chi connectivity index (χ3n) is 2.88. The van der Waals surface area contributed by atoms with Gasteiger partial charge >= 0.3 is 0 Å². The van der Waals surface area contributed by atoms with Crippen molar-refractivity contribution in [1.82, 2.24) is 5.32 Å². The molecular formula is C12H18ClNO2. The summed E-state index contributed by atoms with van der Waals surface area (Å²) in [7, 11) is 3.37. The Morgan fingerprint density at radius 1 is 1.25 bits per heavy atom. The number of ether oxygens (including phenoxy) is 2. The topological polar surface area (TPSA) is 30.5 Å². The van der Waals surface area contributed by atoms with Gasteiger partial charge in [-0.15, -0.1) is 12.4 Å². The largest absolute Gasteiger partial charge is 0.497 e. The zero-order chi connectivity index (χ0) is 10.7. The van der Waals surface area contributed by atoms with E-state index in [-0.39, 0.29) is 12.4 Å². The summed E-state index contributed by atoms with van der Waals surface area (Å²) in [6, 6.07) is 6.44. The van der Waals surface area contributed by atoms with Crippen molar-refractivity contribution in [3.8, 4) is 11.5 Å². The molecule has 4 heteroatoms. The minimum Gasteiger partial charge on any atom is -0.497 e. The van der Waals surface area contributed by atoms with Crippen molar-refractivity contribution in [3.63, 3.8) is 0 Å². The molecule has 0 unspecified atom stereocenters. The molecule has 0 aromatic heterocycles. The molecule has 0 amide bonds. The van der Waals surface area contributed by atoms with Crippen LogP contribution < -0.4 is 14.8 Å². The van der Waals surface area contributed by atoms with E-state index in [0.29, 0.717) is 6.04 Å². The first-order valence-corrected chi connectivity index (χ1v) is 5.30. The number of benzene rings is 1. The van der Waals surface area contributed by atoms with Gasteiger partial charge in [0.15, 0.2) is 0 Å². The quantitative estimate of drug-likeness (QED) is 0.885. The fourth-order valence-corrected chi connectivity index (χ4v) is 2.06. The average molecular weight is 244 g/mol. The second-order valence-corrected chi connectivity index (χ2v) is 3.76. The molecule has 0 aliphatic carbocycles. The zero-order valence-electron chi connectivity index (χ0n) is 9.66. The van der Waals surface area contributed by atoms with Gasteiger partial charge in [-0.05, 0) is 25.5 Å². The van der Waals surface area contributed by atoms with Gasteiger partial charge in [-0.25, -0.2) is 0 Å². The number of nitrogens with one attached hydrogen (secondary N) is 1. The summed E-state index contributed by atoms with van der Waals surface area (Å²) in [6.07, 6.45) is 2.42. The fourth-order valence-electron chi connectivity index (χ4n) is 2.06. The molecule has 1 fully saturated rings. The SMILES string of the molecule is COc1ccc([C@H]2CCCN2)c(OC)c1.Cl. The lowest BCUT2D eigenvalue weighted by atomic mass is 10.0. The maximum atomic E-state index is 5.38. The fraction of sp³-hybridized carbons (Fsp3) is 0.500. The van der Waals surface area contributed by atoms with E-state index in [1.54, 1.807) is 14.2 Å². The van der Waals surface area contributed by atoms with Crippen LogP contribution in [0.5, 0.6) is 11.5 Å². The van der Waals surface area contributed by atoms with Crippen LogP contribution in [0.4, 0.5) is 0 Å². The molecule has 90 valence electrons. The molecule has 1 aromatic carbocycles. The third-order valence-corrected chi connectivity index (χ3v) is 2.88. The minimum atomic E-state index is 0. The molecule has 1 aromatic rings. The van der Waals surface area contributed by atoms with Crippen LogP contribution in [0.1, 0.15) is 24.4 Å². The summed E-state index contributed by atoms with van der Waals surface area (Å²) < 4.78 is 10.6. The summed E-state index contributed by atoms with van der Waals surface area (Å²) >= 11 is 0. The molecule has 3 nitrogen and oxygen atoms in total. The van der Waals surface area contributed by atoms with Gasteiger partial charge in [0.1, 0.15) is 11.5 Å². The lowest BCUT2D eigenvalue weighted by Crippen LogP contribution is -2.13. The Hall–Kier alpha value is -0.930. The van der Waals surface area contributed by atoms with E-state index in [9.17, 15) is 0 Å². The van der Waals surface area contributed by atoms with Crippen LogP contribution in [0, 0.1) is 0 Å². The van der Waals surface area contributed by atoms with Crippen LogP contribution in [-0.4, -0.2) is 20.8 Å². The van der Waals surface area contributed by atoms with Gasteiger partial charge in [0.05, 0.1) is 14.2 Å². The Bertz CT molecular complexity index is 338. The van der Waals surface area contributed by atoms with E-state index < -0.39 is 0 Å². The van der Waals surface area contributed by atoms with Crippen molar-refractivity contribution in [2.45, 2.75) is 18.9 Å². The van der Waals surface area contributed by atoms with Crippen molar-refractivity contribution in [2.75, 3.05) is 20.8 Å². The van der Waals surface area contributed by atoms with E-state index in [1.165, 1.54) is 18.4 Å². The molecule has 1 heterocycles. The Balaban J connectivity index is 0.00000128. The molecule has 0 saturated carbocycles. The third kappa shape index (κ3) is 2.60. The molecule has 0 radical (unpaired) electrons. The highest BCUT2D eigenvalue weighted by Crippen LogP contribution is 2.33. The van der Waals surface area contributed by atoms with Gasteiger partial charge < -0.3 is 14.8 Å². The van der Waals surface area contributed by atoms with Crippen LogP contribution >= 0.6 is 12.4 Å². The molecule has 0 bridgehead atoms. The van der Waals surface area contributed by atoms with Crippen molar-refractivity contribution in [3.05, 3.63) is 23.8 Å². The smallest absolute Gasteiger partial charge is 0.127 e. The Kier molecular flexibility index (Phi) is 4.90. The molecule has 1 N–H and O–H groups in total. The first-order chi connectivity index (χ1) is 7.35. The summed E-state index contributed by atoms with van der Waals surface area (Å²) in [4.78, 5) is 0. The van der Waals surface area contributed by atoms with Crippen molar-refractivity contribution >= 4 is 12.4 Å². The van der Waals surface area contributed by atoms with E-state index in [2.05, 4.69) is 11.4 Å². The van der Waals surface area contributed by atoms with Crippen LogP contribution in [0.25, 0.3) is 0 Å². The number of hydrogen-bond acceptors (Lipinski definition) is 3. The first-order valence-electron chi connectivity index (χ1n) is 5.30. The normalized spacial score (nSPS) is 19.0. The Labute approximate surface area is 103 Å². The predicted molar refractivity (Wildman–Crippen MR) is 66.8 cm³/mol. The molecular weight excluding hydrogens is 226 g/mol. The second-order valence-electron chi connectivity index (χ2n) is 3.76. The second kappa shape index (κ2) is 5.97. The maximum Gasteiger partial charge on any atom is 0.127 e. The Morgan fingerprint density at radius 2 is 2.06 bits per heavy atom. The lowest BCUT2D eigenvalue weighted by molar-refractivity contribution is 0.387. The van der Waals surface area contributed by atoms with Crippen molar-refractivity contribution in [2.24, 2.45) is 0 Å². The molecule has 2 rings (SSSR count). The highest BCUT2D eigenvalue weighted by atomic mass is 35.5. The first kappa shape index (κ1) is 13.1. The molecule has 0 spiro atoms. The molecule has 16 heavy (non-hydrogen) atoms. The summed E-state index contributed by atoms with van der Waals surface area (Å²) in [5, 5.41) is 3.46. The Morgan fingerprint density at radius 3 is 2.62 bits per heavy atom. The lowest BCUT2D eigenvalue weighted by Gasteiger charge is -2.15. The predicted octanol–water partition coefficient (Wildman–Crippen LogP) is 2.55. The standard InChI is InChI=1S/C12H17NO2.ClH/c1-14-9-5-6-10(12(8-9)15-2)11-4-3-7-13-11;/h5-6,8,11,13H,3-4,7H2,1-2H3;1H/t11-;/m1./s1. The number of halogens is 1. The zero-order valence-corrected chi connectivity index (χ0v) is 10.5. The van der Waals surface area contributed by atoms with Gasteiger partial charge in [0, 0.05) is 17.7 Å². The average Bonchev–Trinajstić information content (AvgIpc) is 2.81. The molecule has 1 aliphatic rings. The highest BCUT2D eigenvalue weighted by Gasteiger charge is 2.19. The number of methoxy groups -OCH3 is 2. The van der Waals surface area contributed by atoms with Crippen molar-refractivity contribution < 1.29 is 9.47 Å². The van der Waals surface area contributed by atoms with Gasteiger partial charge in [-0.1, -0.05) is 6.07 Å². The van der Waals surface area contributed by atoms with Crippen molar-refractivity contribution in [1.29, 1.82) is 0 Å². The number of hydrogen-bond donors (Lipinski definition) is 1. The summed E-state index contributed by atoms with van der Waals surface area (Å²) in [5.41, 5.74) is 1.23.